The van der Waals surface area contributed by atoms with Gasteiger partial charge < -0.3 is 10.2 Å². The van der Waals surface area contributed by atoms with Gasteiger partial charge >= 0.3 is 0 Å². The van der Waals surface area contributed by atoms with E-state index in [2.05, 4.69) is 50.2 Å². The smallest absolute Gasteiger partial charge is 0.0701 e. The third-order valence-corrected chi connectivity index (χ3v) is 5.06. The first-order valence-corrected chi connectivity index (χ1v) is 8.21. The number of likely N-dealkylation sites (N-methyl/N-ethyl adjacent to an activating group) is 1. The summed E-state index contributed by atoms with van der Waals surface area (Å²) in [7, 11) is 2.20. The Morgan fingerprint density at radius 2 is 2.00 bits per heavy atom. The lowest BCUT2D eigenvalue weighted by molar-refractivity contribution is 0.155. The molecule has 0 saturated carbocycles. The van der Waals surface area contributed by atoms with E-state index in [9.17, 15) is 0 Å². The number of piperazine rings is 1. The first-order valence-electron chi connectivity index (χ1n) is 6.60. The van der Waals surface area contributed by atoms with E-state index in [0.717, 1.165) is 19.5 Å². The molecule has 0 atom stereocenters. The second-order valence-corrected chi connectivity index (χ2v) is 7.40. The number of halogens is 1. The second-order valence-electron chi connectivity index (χ2n) is 4.85. The molecule has 1 aromatic rings. The van der Waals surface area contributed by atoms with Crippen LogP contribution in [0.25, 0.3) is 0 Å². The molecule has 102 valence electrons. The number of hydrogen-bond donors (Lipinski definition) is 1. The van der Waals surface area contributed by atoms with Crippen LogP contribution in [0.1, 0.15) is 4.88 Å². The van der Waals surface area contributed by atoms with Crippen LogP contribution in [0.4, 0.5) is 0 Å². The topological polar surface area (TPSA) is 18.5 Å². The van der Waals surface area contributed by atoms with Crippen LogP contribution in [0.15, 0.2) is 15.9 Å². The lowest BCUT2D eigenvalue weighted by Crippen LogP contribution is -2.46. The van der Waals surface area contributed by atoms with E-state index in [0.29, 0.717) is 0 Å². The average molecular weight is 332 g/mol. The van der Waals surface area contributed by atoms with Crippen LogP contribution >= 0.6 is 27.3 Å². The molecule has 0 aliphatic carbocycles. The van der Waals surface area contributed by atoms with Gasteiger partial charge in [-0.25, -0.2) is 0 Å². The van der Waals surface area contributed by atoms with Gasteiger partial charge in [0.05, 0.1) is 3.79 Å². The fourth-order valence-electron chi connectivity index (χ4n) is 2.13. The minimum Gasteiger partial charge on any atom is -0.315 e. The van der Waals surface area contributed by atoms with Crippen LogP contribution in [0.5, 0.6) is 0 Å². The van der Waals surface area contributed by atoms with Crippen molar-refractivity contribution in [2.24, 2.45) is 0 Å². The minimum absolute atomic E-state index is 1.08. The van der Waals surface area contributed by atoms with Crippen LogP contribution in [-0.4, -0.2) is 62.7 Å². The molecule has 3 nitrogen and oxygen atoms in total. The minimum atomic E-state index is 1.08. The van der Waals surface area contributed by atoms with Gasteiger partial charge in [0.1, 0.15) is 0 Å². The lowest BCUT2D eigenvalue weighted by atomic mass is 10.3. The fraction of sp³-hybridized carbons (Fsp3) is 0.692. The predicted molar refractivity (Wildman–Crippen MR) is 82.5 cm³/mol. The monoisotopic (exact) mass is 331 g/mol. The normalized spacial score (nSPS) is 18.3. The highest BCUT2D eigenvalue weighted by atomic mass is 79.9. The Balaban J connectivity index is 1.51. The van der Waals surface area contributed by atoms with Gasteiger partial charge in [-0.05, 0) is 41.5 Å². The molecule has 1 fully saturated rings. The van der Waals surface area contributed by atoms with Gasteiger partial charge in [0, 0.05) is 50.7 Å². The number of rotatable bonds is 6. The molecule has 0 bridgehead atoms. The molecular formula is C13H22BrN3S. The summed E-state index contributed by atoms with van der Waals surface area (Å²) in [4.78, 5) is 6.40. The third-order valence-electron chi connectivity index (χ3n) is 3.38. The zero-order valence-electron chi connectivity index (χ0n) is 11.0. The molecule has 2 heterocycles. The Kier molecular flexibility index (Phi) is 6.11. The molecule has 0 amide bonds. The summed E-state index contributed by atoms with van der Waals surface area (Å²) in [5, 5.41) is 3.54. The van der Waals surface area contributed by atoms with Gasteiger partial charge in [0.2, 0.25) is 0 Å². The standard InChI is InChI=1S/C13H22BrN3S/c1-16-8-10-17(11-9-16)7-6-15-5-4-12-2-3-13(14)18-12/h2-3,15H,4-11H2,1H3. The first-order chi connectivity index (χ1) is 8.74. The van der Waals surface area contributed by atoms with Gasteiger partial charge in [-0.15, -0.1) is 11.3 Å². The molecule has 5 heteroatoms. The van der Waals surface area contributed by atoms with Gasteiger partial charge in [-0.3, -0.25) is 4.90 Å². The van der Waals surface area contributed by atoms with E-state index < -0.39 is 0 Å². The molecule has 0 radical (unpaired) electrons. The van der Waals surface area contributed by atoms with Crippen molar-refractivity contribution < 1.29 is 0 Å². The van der Waals surface area contributed by atoms with E-state index in [1.807, 2.05) is 11.3 Å². The number of thiophene rings is 1. The Hall–Kier alpha value is 0.0600. The molecule has 18 heavy (non-hydrogen) atoms. The Morgan fingerprint density at radius 3 is 2.67 bits per heavy atom. The molecule has 0 spiro atoms. The SMILES string of the molecule is CN1CCN(CCNCCc2ccc(Br)s2)CC1. The van der Waals surface area contributed by atoms with E-state index in [4.69, 9.17) is 0 Å². The Morgan fingerprint density at radius 1 is 1.22 bits per heavy atom. The summed E-state index contributed by atoms with van der Waals surface area (Å²) in [5.74, 6) is 0. The van der Waals surface area contributed by atoms with Gasteiger partial charge in [0.25, 0.3) is 0 Å². The Labute approximate surface area is 122 Å². The number of hydrogen-bond acceptors (Lipinski definition) is 4. The maximum atomic E-state index is 3.54. The van der Waals surface area contributed by atoms with Crippen molar-refractivity contribution in [2.45, 2.75) is 6.42 Å². The summed E-state index contributed by atoms with van der Waals surface area (Å²) < 4.78 is 1.23. The largest absolute Gasteiger partial charge is 0.315 e. The zero-order chi connectivity index (χ0) is 12.8. The number of nitrogens with zero attached hydrogens (tertiary/aromatic N) is 2. The average Bonchev–Trinajstić information content (AvgIpc) is 2.77. The molecule has 0 aromatic carbocycles. The molecule has 1 saturated heterocycles. The van der Waals surface area contributed by atoms with E-state index in [-0.39, 0.29) is 0 Å². The zero-order valence-corrected chi connectivity index (χ0v) is 13.4. The van der Waals surface area contributed by atoms with Gasteiger partial charge in [-0.2, -0.15) is 0 Å². The first kappa shape index (κ1) is 14.5. The summed E-state index contributed by atoms with van der Waals surface area (Å²) in [6.45, 7) is 8.23. The molecule has 0 unspecified atom stereocenters. The van der Waals surface area contributed by atoms with Gasteiger partial charge in [0.15, 0.2) is 0 Å². The van der Waals surface area contributed by atoms with E-state index in [1.165, 1.54) is 41.4 Å². The number of nitrogens with one attached hydrogen (secondary N) is 1. The van der Waals surface area contributed by atoms with Crippen molar-refractivity contribution in [1.82, 2.24) is 15.1 Å². The quantitative estimate of drug-likeness (QED) is 0.803. The summed E-state index contributed by atoms with van der Waals surface area (Å²) in [5.41, 5.74) is 0. The van der Waals surface area contributed by atoms with E-state index >= 15 is 0 Å². The Bertz CT molecular complexity index is 348. The molecule has 2 rings (SSSR count). The highest BCUT2D eigenvalue weighted by molar-refractivity contribution is 9.11. The summed E-state index contributed by atoms with van der Waals surface area (Å²) >= 11 is 5.33. The van der Waals surface area contributed by atoms with Crippen LogP contribution in [0.3, 0.4) is 0 Å². The second kappa shape index (κ2) is 7.60. The van der Waals surface area contributed by atoms with Crippen molar-refractivity contribution in [3.8, 4) is 0 Å². The highest BCUT2D eigenvalue weighted by Crippen LogP contribution is 2.21. The molecule has 1 aliphatic heterocycles. The summed E-state index contributed by atoms with van der Waals surface area (Å²) in [6.07, 6.45) is 1.14. The van der Waals surface area contributed by atoms with Crippen LogP contribution < -0.4 is 5.32 Å². The van der Waals surface area contributed by atoms with Crippen LogP contribution in [-0.2, 0) is 6.42 Å². The fourth-order valence-corrected chi connectivity index (χ4v) is 3.61. The molecule has 1 aliphatic rings. The maximum Gasteiger partial charge on any atom is 0.0701 e. The van der Waals surface area contributed by atoms with E-state index in [1.54, 1.807) is 0 Å². The maximum absolute atomic E-state index is 3.54. The predicted octanol–water partition coefficient (Wildman–Crippen LogP) is 1.89. The van der Waals surface area contributed by atoms with Crippen molar-refractivity contribution in [3.63, 3.8) is 0 Å². The van der Waals surface area contributed by atoms with Crippen molar-refractivity contribution in [1.29, 1.82) is 0 Å². The van der Waals surface area contributed by atoms with Crippen molar-refractivity contribution >= 4 is 27.3 Å². The molecule has 1 N–H and O–H groups in total. The van der Waals surface area contributed by atoms with Crippen molar-refractivity contribution in [2.75, 3.05) is 52.9 Å². The highest BCUT2D eigenvalue weighted by Gasteiger charge is 2.12. The summed E-state index contributed by atoms with van der Waals surface area (Å²) in [6, 6.07) is 4.33. The van der Waals surface area contributed by atoms with Gasteiger partial charge in [-0.1, -0.05) is 0 Å². The van der Waals surface area contributed by atoms with Crippen LogP contribution in [0, 0.1) is 0 Å². The van der Waals surface area contributed by atoms with Crippen LogP contribution in [0.2, 0.25) is 0 Å². The molecular weight excluding hydrogens is 310 g/mol. The lowest BCUT2D eigenvalue weighted by Gasteiger charge is -2.32. The molecule has 1 aromatic heterocycles. The van der Waals surface area contributed by atoms with Crippen molar-refractivity contribution in [3.05, 3.63) is 20.8 Å². The third kappa shape index (κ3) is 4.97.